The van der Waals surface area contributed by atoms with E-state index in [1.807, 2.05) is 0 Å². The van der Waals surface area contributed by atoms with Crippen LogP contribution in [-0.2, 0) is 12.8 Å². The molecule has 1 atom stereocenters. The van der Waals surface area contributed by atoms with Gasteiger partial charge in [0.25, 0.3) is 0 Å². The van der Waals surface area contributed by atoms with Crippen molar-refractivity contribution in [3.8, 4) is 0 Å². The Morgan fingerprint density at radius 1 is 1.36 bits per heavy atom. The highest BCUT2D eigenvalue weighted by Crippen LogP contribution is 2.39. The first kappa shape index (κ1) is 9.98. The Hall–Kier alpha value is -0.550. The second-order valence-electron chi connectivity index (χ2n) is 3.39. The Labute approximate surface area is 83.2 Å². The minimum absolute atomic E-state index is 0.0298. The van der Waals surface area contributed by atoms with Crippen molar-refractivity contribution in [2.45, 2.75) is 31.5 Å². The van der Waals surface area contributed by atoms with Gasteiger partial charge in [-0.2, -0.15) is 13.2 Å². The van der Waals surface area contributed by atoms with Crippen LogP contribution >= 0.6 is 11.3 Å². The fourth-order valence-corrected chi connectivity index (χ4v) is 2.92. The average Bonchev–Trinajstić information content (AvgIpc) is 2.58. The minimum atomic E-state index is -4.54. The summed E-state index contributed by atoms with van der Waals surface area (Å²) in [4.78, 5) is 1.03. The summed E-state index contributed by atoms with van der Waals surface area (Å²) in [5.41, 5.74) is 0.980. The number of thiophene rings is 1. The number of hydrogen-bond acceptors (Lipinski definition) is 2. The molecule has 2 rings (SSSR count). The van der Waals surface area contributed by atoms with E-state index in [0.29, 0.717) is 0 Å². The number of aliphatic hydroxyl groups is 1. The van der Waals surface area contributed by atoms with Gasteiger partial charge in [0.15, 0.2) is 6.10 Å². The highest BCUT2D eigenvalue weighted by Gasteiger charge is 2.40. The van der Waals surface area contributed by atoms with Gasteiger partial charge in [-0.15, -0.1) is 11.3 Å². The molecular weight excluding hydrogens is 213 g/mol. The lowest BCUT2D eigenvalue weighted by Gasteiger charge is -2.12. The molecule has 0 spiro atoms. The molecule has 1 aliphatic rings. The van der Waals surface area contributed by atoms with E-state index < -0.39 is 12.3 Å². The average molecular weight is 222 g/mol. The van der Waals surface area contributed by atoms with Crippen LogP contribution < -0.4 is 0 Å². The van der Waals surface area contributed by atoms with Crippen molar-refractivity contribution in [2.75, 3.05) is 0 Å². The molecule has 0 radical (unpaired) electrons. The van der Waals surface area contributed by atoms with Gasteiger partial charge in [-0.25, -0.2) is 0 Å². The van der Waals surface area contributed by atoms with Crippen LogP contribution in [0, 0.1) is 0 Å². The predicted octanol–water partition coefficient (Wildman–Crippen LogP) is 2.83. The van der Waals surface area contributed by atoms with Gasteiger partial charge in [-0.3, -0.25) is 0 Å². The number of fused-ring (bicyclic) bond motifs is 1. The summed E-state index contributed by atoms with van der Waals surface area (Å²) < 4.78 is 36.5. The fraction of sp³-hybridized carbons (Fsp3) is 0.556. The van der Waals surface area contributed by atoms with Crippen LogP contribution in [0.4, 0.5) is 13.2 Å². The lowest BCUT2D eigenvalue weighted by molar-refractivity contribution is -0.205. The van der Waals surface area contributed by atoms with Crippen LogP contribution in [0.25, 0.3) is 0 Å². The maximum atomic E-state index is 12.2. The molecule has 1 aromatic rings. The van der Waals surface area contributed by atoms with Crippen molar-refractivity contribution in [2.24, 2.45) is 0 Å². The molecule has 1 N–H and O–H groups in total. The molecule has 0 bridgehead atoms. The third kappa shape index (κ3) is 1.66. The van der Waals surface area contributed by atoms with Crippen molar-refractivity contribution in [3.63, 3.8) is 0 Å². The van der Waals surface area contributed by atoms with E-state index in [1.54, 1.807) is 0 Å². The van der Waals surface area contributed by atoms with Crippen molar-refractivity contribution in [1.82, 2.24) is 0 Å². The Bertz CT molecular complexity index is 321. The molecular formula is C9H9F3OS. The smallest absolute Gasteiger partial charge is 0.379 e. The Kier molecular flexibility index (Phi) is 2.31. The third-order valence-corrected chi connectivity index (χ3v) is 3.63. The molecule has 78 valence electrons. The molecule has 0 aliphatic heterocycles. The number of rotatable bonds is 1. The first-order chi connectivity index (χ1) is 6.48. The first-order valence-corrected chi connectivity index (χ1v) is 5.16. The second-order valence-corrected chi connectivity index (χ2v) is 4.56. The summed E-state index contributed by atoms with van der Waals surface area (Å²) in [5.74, 6) is 0. The zero-order chi connectivity index (χ0) is 10.3. The Balaban J connectivity index is 2.25. The van der Waals surface area contributed by atoms with Crippen molar-refractivity contribution < 1.29 is 18.3 Å². The second kappa shape index (κ2) is 3.24. The van der Waals surface area contributed by atoms with Crippen molar-refractivity contribution >= 4 is 11.3 Å². The third-order valence-electron chi connectivity index (χ3n) is 2.35. The van der Waals surface area contributed by atoms with Gasteiger partial charge >= 0.3 is 6.18 Å². The van der Waals surface area contributed by atoms with Gasteiger partial charge in [-0.1, -0.05) is 0 Å². The molecule has 1 nitrogen and oxygen atoms in total. The van der Waals surface area contributed by atoms with Gasteiger partial charge in [0.05, 0.1) is 0 Å². The zero-order valence-electron chi connectivity index (χ0n) is 7.27. The maximum absolute atomic E-state index is 12.2. The molecule has 14 heavy (non-hydrogen) atoms. The van der Waals surface area contributed by atoms with Crippen LogP contribution in [0.1, 0.15) is 27.8 Å². The minimum Gasteiger partial charge on any atom is -0.379 e. The Morgan fingerprint density at radius 2 is 2.07 bits per heavy atom. The largest absolute Gasteiger partial charge is 0.419 e. The predicted molar refractivity (Wildman–Crippen MR) is 47.4 cm³/mol. The first-order valence-electron chi connectivity index (χ1n) is 4.35. The van der Waals surface area contributed by atoms with E-state index in [9.17, 15) is 13.2 Å². The van der Waals surface area contributed by atoms with E-state index >= 15 is 0 Å². The zero-order valence-corrected chi connectivity index (χ0v) is 8.08. The lowest BCUT2D eigenvalue weighted by atomic mass is 10.2. The number of hydrogen-bond donors (Lipinski definition) is 1. The quantitative estimate of drug-likeness (QED) is 0.774. The molecule has 1 aliphatic carbocycles. The maximum Gasteiger partial charge on any atom is 0.419 e. The monoisotopic (exact) mass is 222 g/mol. The molecule has 1 aromatic heterocycles. The van der Waals surface area contributed by atoms with Gasteiger partial charge in [0.2, 0.25) is 0 Å². The molecule has 0 saturated heterocycles. The SMILES string of the molecule is O[C@H](c1cc2c(s1)CCC2)C(F)(F)F. The van der Waals surface area contributed by atoms with Gasteiger partial charge < -0.3 is 5.11 Å². The van der Waals surface area contributed by atoms with Crippen molar-refractivity contribution in [1.29, 1.82) is 0 Å². The molecule has 0 unspecified atom stereocenters. The van der Waals surface area contributed by atoms with Crippen LogP contribution in [0.5, 0.6) is 0 Å². The standard InChI is InChI=1S/C9H9F3OS/c10-9(11,12)8(13)7-4-5-2-1-3-6(5)14-7/h4,8,13H,1-3H2/t8-/m1/s1. The molecule has 1 heterocycles. The summed E-state index contributed by atoms with van der Waals surface area (Å²) in [7, 11) is 0. The lowest BCUT2D eigenvalue weighted by Crippen LogP contribution is -2.19. The molecule has 0 fully saturated rings. The van der Waals surface area contributed by atoms with E-state index in [0.717, 1.165) is 41.0 Å². The number of aryl methyl sites for hydroxylation is 2. The molecule has 0 aromatic carbocycles. The van der Waals surface area contributed by atoms with Gasteiger partial charge in [0.1, 0.15) is 0 Å². The number of aliphatic hydroxyl groups excluding tert-OH is 1. The van der Waals surface area contributed by atoms with Gasteiger partial charge in [0, 0.05) is 9.75 Å². The van der Waals surface area contributed by atoms with Crippen LogP contribution in [0.2, 0.25) is 0 Å². The number of halogens is 3. The summed E-state index contributed by atoms with van der Waals surface area (Å²) in [6.07, 6.45) is -4.14. The summed E-state index contributed by atoms with van der Waals surface area (Å²) in [6, 6.07) is 1.49. The molecule has 5 heteroatoms. The molecule has 0 amide bonds. The highest BCUT2D eigenvalue weighted by molar-refractivity contribution is 7.12. The highest BCUT2D eigenvalue weighted by atomic mass is 32.1. The van der Waals surface area contributed by atoms with E-state index in [-0.39, 0.29) is 4.88 Å². The van der Waals surface area contributed by atoms with Crippen LogP contribution in [0.15, 0.2) is 6.07 Å². The normalized spacial score (nSPS) is 18.3. The summed E-state index contributed by atoms with van der Waals surface area (Å²) in [5, 5.41) is 9.00. The van der Waals surface area contributed by atoms with E-state index in [4.69, 9.17) is 5.11 Å². The van der Waals surface area contributed by atoms with E-state index in [1.165, 1.54) is 6.07 Å². The van der Waals surface area contributed by atoms with E-state index in [2.05, 4.69) is 0 Å². The fourth-order valence-electron chi connectivity index (χ4n) is 1.65. The van der Waals surface area contributed by atoms with Crippen LogP contribution in [0.3, 0.4) is 0 Å². The topological polar surface area (TPSA) is 20.2 Å². The molecule has 0 saturated carbocycles. The Morgan fingerprint density at radius 3 is 2.64 bits per heavy atom. The summed E-state index contributed by atoms with van der Waals surface area (Å²) >= 11 is 1.09. The summed E-state index contributed by atoms with van der Waals surface area (Å²) in [6.45, 7) is 0. The van der Waals surface area contributed by atoms with Crippen molar-refractivity contribution in [3.05, 3.63) is 21.4 Å². The number of alkyl halides is 3. The van der Waals surface area contributed by atoms with Gasteiger partial charge in [-0.05, 0) is 30.9 Å². The van der Waals surface area contributed by atoms with Crippen LogP contribution in [-0.4, -0.2) is 11.3 Å².